The highest BCUT2D eigenvalue weighted by Gasteiger charge is 2.24. The average molecular weight is 443 g/mol. The molecule has 164 valence electrons. The Morgan fingerprint density at radius 2 is 1.77 bits per heavy atom. The fourth-order valence-electron chi connectivity index (χ4n) is 4.11. The molecule has 1 saturated heterocycles. The number of hydrogen-bond donors (Lipinski definition) is 1. The van der Waals surface area contributed by atoms with E-state index in [9.17, 15) is 9.59 Å². The summed E-state index contributed by atoms with van der Waals surface area (Å²) in [5.41, 5.74) is 1.63. The number of fused-ring (bicyclic) bond motifs is 1. The summed E-state index contributed by atoms with van der Waals surface area (Å²) in [5, 5.41) is 3.71. The molecule has 2 aliphatic heterocycles. The van der Waals surface area contributed by atoms with Gasteiger partial charge in [0.1, 0.15) is 13.2 Å². The van der Waals surface area contributed by atoms with E-state index in [0.29, 0.717) is 41.8 Å². The molecular weight excluding hydrogens is 416 g/mol. The van der Waals surface area contributed by atoms with Crippen molar-refractivity contribution in [3.05, 3.63) is 58.6 Å². The van der Waals surface area contributed by atoms with Crippen molar-refractivity contribution in [2.75, 3.05) is 32.8 Å². The quantitative estimate of drug-likeness (QED) is 0.625. The largest absolute Gasteiger partial charge is 0.486 e. The van der Waals surface area contributed by atoms with Gasteiger partial charge in [-0.1, -0.05) is 23.7 Å². The topological polar surface area (TPSA) is 67.9 Å². The predicted molar refractivity (Wildman–Crippen MR) is 119 cm³/mol. The van der Waals surface area contributed by atoms with E-state index in [4.69, 9.17) is 21.1 Å². The summed E-state index contributed by atoms with van der Waals surface area (Å²) < 4.78 is 11.0. The van der Waals surface area contributed by atoms with Gasteiger partial charge in [-0.15, -0.1) is 0 Å². The van der Waals surface area contributed by atoms with Gasteiger partial charge in [-0.05, 0) is 61.8 Å². The molecule has 31 heavy (non-hydrogen) atoms. The predicted octanol–water partition coefficient (Wildman–Crippen LogP) is 4.03. The summed E-state index contributed by atoms with van der Waals surface area (Å²) in [7, 11) is 0. The number of hydrogen-bond acceptors (Lipinski definition) is 5. The zero-order chi connectivity index (χ0) is 21.6. The number of halogens is 1. The summed E-state index contributed by atoms with van der Waals surface area (Å²) in [4.78, 5) is 27.4. The molecule has 1 fully saturated rings. The zero-order valence-electron chi connectivity index (χ0n) is 17.4. The first-order valence-corrected chi connectivity index (χ1v) is 11.2. The number of likely N-dealkylation sites (tertiary alicyclic amines) is 1. The van der Waals surface area contributed by atoms with E-state index >= 15 is 0 Å². The molecule has 4 rings (SSSR count). The van der Waals surface area contributed by atoms with Gasteiger partial charge >= 0.3 is 0 Å². The van der Waals surface area contributed by atoms with Gasteiger partial charge < -0.3 is 14.8 Å². The molecule has 7 heteroatoms. The number of amides is 1. The Morgan fingerprint density at radius 3 is 2.55 bits per heavy atom. The lowest BCUT2D eigenvalue weighted by atomic mass is 10.0. The van der Waals surface area contributed by atoms with Gasteiger partial charge in [0.25, 0.3) is 0 Å². The summed E-state index contributed by atoms with van der Waals surface area (Å²) in [6.07, 6.45) is 2.62. The highest BCUT2D eigenvalue weighted by Crippen LogP contribution is 2.31. The SMILES string of the molecule is O=C(CCC(=O)c1ccc2c(c1)OCCO2)NCC(c1cccc(Cl)c1)N1CCCC1. The van der Waals surface area contributed by atoms with Crippen molar-refractivity contribution in [2.24, 2.45) is 0 Å². The molecule has 2 aromatic rings. The Bertz CT molecular complexity index is 943. The number of ether oxygens (including phenoxy) is 2. The standard InChI is InChI=1S/C24H27ClN2O4/c25-19-5-3-4-17(14-19)20(27-10-1-2-11-27)16-26-24(29)9-7-21(28)18-6-8-22-23(15-18)31-13-12-30-22/h3-6,8,14-15,20H,1-2,7,9-13,16H2,(H,26,29). The number of Topliss-reactive ketones (excluding diaryl/α,β-unsaturated/α-hetero) is 1. The first-order valence-electron chi connectivity index (χ1n) is 10.8. The van der Waals surface area contributed by atoms with Crippen LogP contribution < -0.4 is 14.8 Å². The molecule has 0 aromatic heterocycles. The fourth-order valence-corrected chi connectivity index (χ4v) is 4.31. The van der Waals surface area contributed by atoms with Crippen LogP contribution in [-0.2, 0) is 4.79 Å². The molecule has 1 atom stereocenters. The maximum absolute atomic E-state index is 12.5. The van der Waals surface area contributed by atoms with E-state index < -0.39 is 0 Å². The van der Waals surface area contributed by atoms with E-state index in [1.807, 2.05) is 24.3 Å². The third-order valence-corrected chi connectivity index (χ3v) is 5.99. The minimum Gasteiger partial charge on any atom is -0.486 e. The summed E-state index contributed by atoms with van der Waals surface area (Å²) in [5.74, 6) is 1.02. The van der Waals surface area contributed by atoms with Crippen molar-refractivity contribution in [1.29, 1.82) is 0 Å². The molecule has 0 aliphatic carbocycles. The van der Waals surface area contributed by atoms with Gasteiger partial charge in [-0.2, -0.15) is 0 Å². The lowest BCUT2D eigenvalue weighted by molar-refractivity contribution is -0.121. The molecule has 2 heterocycles. The minimum atomic E-state index is -0.128. The fraction of sp³-hybridized carbons (Fsp3) is 0.417. The first kappa shape index (κ1) is 21.7. The molecule has 1 unspecified atom stereocenters. The second-order valence-corrected chi connectivity index (χ2v) is 8.34. The van der Waals surface area contributed by atoms with Gasteiger partial charge in [0.05, 0.1) is 6.04 Å². The number of carbonyl (C=O) groups excluding carboxylic acids is 2. The van der Waals surface area contributed by atoms with Crippen LogP contribution in [0.5, 0.6) is 11.5 Å². The maximum atomic E-state index is 12.5. The van der Waals surface area contributed by atoms with Crippen molar-refractivity contribution in [3.63, 3.8) is 0 Å². The summed E-state index contributed by atoms with van der Waals surface area (Å²) >= 11 is 6.19. The van der Waals surface area contributed by atoms with Crippen LogP contribution in [0.25, 0.3) is 0 Å². The van der Waals surface area contributed by atoms with Crippen LogP contribution in [0.2, 0.25) is 5.02 Å². The van der Waals surface area contributed by atoms with Crippen LogP contribution in [0.15, 0.2) is 42.5 Å². The number of nitrogens with zero attached hydrogens (tertiary/aromatic N) is 1. The van der Waals surface area contributed by atoms with E-state index in [-0.39, 0.29) is 30.6 Å². The van der Waals surface area contributed by atoms with Crippen LogP contribution in [-0.4, -0.2) is 49.4 Å². The number of rotatable bonds is 8. The molecule has 0 radical (unpaired) electrons. The molecule has 0 bridgehead atoms. The lowest BCUT2D eigenvalue weighted by Crippen LogP contribution is -2.36. The van der Waals surface area contributed by atoms with Gasteiger partial charge in [0, 0.05) is 30.0 Å². The molecular formula is C24H27ClN2O4. The molecule has 6 nitrogen and oxygen atoms in total. The summed E-state index contributed by atoms with van der Waals surface area (Å²) in [6.45, 7) is 3.49. The summed E-state index contributed by atoms with van der Waals surface area (Å²) in [6, 6.07) is 13.0. The third kappa shape index (κ3) is 5.57. The van der Waals surface area contributed by atoms with Crippen LogP contribution in [0.1, 0.15) is 47.6 Å². The van der Waals surface area contributed by atoms with Crippen molar-refractivity contribution in [1.82, 2.24) is 10.2 Å². The normalized spacial score (nSPS) is 16.7. The molecule has 2 aliphatic rings. The average Bonchev–Trinajstić information content (AvgIpc) is 3.32. The van der Waals surface area contributed by atoms with Gasteiger partial charge in [-0.25, -0.2) is 0 Å². The smallest absolute Gasteiger partial charge is 0.220 e. The molecule has 1 N–H and O–H groups in total. The van der Waals surface area contributed by atoms with Crippen molar-refractivity contribution in [3.8, 4) is 11.5 Å². The van der Waals surface area contributed by atoms with E-state index in [1.165, 1.54) is 0 Å². The second kappa shape index (κ2) is 10.2. The number of benzene rings is 2. The monoisotopic (exact) mass is 442 g/mol. The van der Waals surface area contributed by atoms with Crippen molar-refractivity contribution >= 4 is 23.3 Å². The third-order valence-electron chi connectivity index (χ3n) is 5.75. The Kier molecular flexibility index (Phi) is 7.10. The molecule has 2 aromatic carbocycles. The van der Waals surface area contributed by atoms with Gasteiger partial charge in [0.15, 0.2) is 17.3 Å². The van der Waals surface area contributed by atoms with Crippen molar-refractivity contribution in [2.45, 2.75) is 31.7 Å². The second-order valence-electron chi connectivity index (χ2n) is 7.90. The van der Waals surface area contributed by atoms with E-state index in [2.05, 4.69) is 10.2 Å². The molecule has 1 amide bonds. The van der Waals surface area contributed by atoms with Crippen LogP contribution in [0, 0.1) is 0 Å². The highest BCUT2D eigenvalue weighted by molar-refractivity contribution is 6.30. The number of ketones is 1. The molecule has 0 saturated carbocycles. The van der Waals surface area contributed by atoms with Crippen LogP contribution >= 0.6 is 11.6 Å². The zero-order valence-corrected chi connectivity index (χ0v) is 18.2. The molecule has 0 spiro atoms. The Balaban J connectivity index is 1.31. The highest BCUT2D eigenvalue weighted by atomic mass is 35.5. The lowest BCUT2D eigenvalue weighted by Gasteiger charge is -2.28. The van der Waals surface area contributed by atoms with E-state index in [0.717, 1.165) is 31.5 Å². The van der Waals surface area contributed by atoms with Crippen LogP contribution in [0.4, 0.5) is 0 Å². The Morgan fingerprint density at radius 1 is 1.00 bits per heavy atom. The Hall–Kier alpha value is -2.57. The maximum Gasteiger partial charge on any atom is 0.220 e. The minimum absolute atomic E-state index is 0.0821. The van der Waals surface area contributed by atoms with Gasteiger partial charge in [-0.3, -0.25) is 14.5 Å². The number of nitrogens with one attached hydrogen (secondary N) is 1. The first-order chi connectivity index (χ1) is 15.1. The Labute approximate surface area is 187 Å². The van der Waals surface area contributed by atoms with Gasteiger partial charge in [0.2, 0.25) is 5.91 Å². The van der Waals surface area contributed by atoms with E-state index in [1.54, 1.807) is 18.2 Å². The number of carbonyl (C=O) groups is 2. The van der Waals surface area contributed by atoms with Crippen molar-refractivity contribution < 1.29 is 19.1 Å². The van der Waals surface area contributed by atoms with Crippen LogP contribution in [0.3, 0.4) is 0 Å².